The van der Waals surface area contributed by atoms with E-state index in [1.54, 1.807) is 11.3 Å². The van der Waals surface area contributed by atoms with Crippen molar-refractivity contribution in [3.8, 4) is 0 Å². The molecule has 0 spiro atoms. The molecule has 1 N–H and O–H groups in total. The maximum absolute atomic E-state index is 13.8. The standard InChI is InChI=1S/C22H26F2N4O2S/c1-13(2)21(30)27-7-9-28(10-8-27)22-26-17-6-3-14(11-19(17)31-22)20(29)25-18-12-15(23)4-5-16(18)24/h4-5,12-14H,3,6-11H2,1-2H3,(H,25,29)/t14-/m1/s1. The second-order valence-corrected chi connectivity index (χ2v) is 9.45. The summed E-state index contributed by atoms with van der Waals surface area (Å²) in [5, 5.41) is 3.46. The van der Waals surface area contributed by atoms with Gasteiger partial charge in [0.1, 0.15) is 11.6 Å². The molecule has 1 aliphatic heterocycles. The monoisotopic (exact) mass is 448 g/mol. The number of rotatable bonds is 4. The van der Waals surface area contributed by atoms with Crippen LogP contribution in [0.1, 0.15) is 30.8 Å². The van der Waals surface area contributed by atoms with Gasteiger partial charge in [-0.1, -0.05) is 13.8 Å². The second-order valence-electron chi connectivity index (χ2n) is 8.39. The molecule has 2 heterocycles. The highest BCUT2D eigenvalue weighted by molar-refractivity contribution is 7.15. The molecule has 166 valence electrons. The largest absolute Gasteiger partial charge is 0.345 e. The van der Waals surface area contributed by atoms with Gasteiger partial charge in [-0.3, -0.25) is 9.59 Å². The molecular weight excluding hydrogens is 422 g/mol. The molecule has 2 amide bonds. The Morgan fingerprint density at radius 1 is 1.19 bits per heavy atom. The maximum Gasteiger partial charge on any atom is 0.227 e. The van der Waals surface area contributed by atoms with Gasteiger partial charge in [0.05, 0.1) is 11.4 Å². The van der Waals surface area contributed by atoms with Gasteiger partial charge in [-0.15, -0.1) is 11.3 Å². The van der Waals surface area contributed by atoms with E-state index in [0.717, 1.165) is 47.0 Å². The number of benzene rings is 1. The molecule has 31 heavy (non-hydrogen) atoms. The Morgan fingerprint density at radius 2 is 1.94 bits per heavy atom. The van der Waals surface area contributed by atoms with Gasteiger partial charge in [0, 0.05) is 49.0 Å². The van der Waals surface area contributed by atoms with Crippen LogP contribution in [0.4, 0.5) is 19.6 Å². The minimum atomic E-state index is -0.651. The molecule has 0 bridgehead atoms. The third kappa shape index (κ3) is 4.71. The van der Waals surface area contributed by atoms with E-state index in [1.165, 1.54) is 0 Å². The van der Waals surface area contributed by atoms with Gasteiger partial charge in [-0.2, -0.15) is 0 Å². The molecule has 1 atom stereocenters. The summed E-state index contributed by atoms with van der Waals surface area (Å²) >= 11 is 1.59. The van der Waals surface area contributed by atoms with Crippen LogP contribution < -0.4 is 10.2 Å². The van der Waals surface area contributed by atoms with Gasteiger partial charge in [0.2, 0.25) is 11.8 Å². The SMILES string of the molecule is CC(C)C(=O)N1CCN(c2nc3c(s2)C[C@H](C(=O)Nc2cc(F)ccc2F)CC3)CC1. The van der Waals surface area contributed by atoms with Crippen LogP contribution in [0.3, 0.4) is 0 Å². The molecule has 1 fully saturated rings. The summed E-state index contributed by atoms with van der Waals surface area (Å²) in [7, 11) is 0. The van der Waals surface area contributed by atoms with Crippen molar-refractivity contribution in [2.75, 3.05) is 36.4 Å². The molecule has 1 aromatic carbocycles. The van der Waals surface area contributed by atoms with E-state index in [9.17, 15) is 18.4 Å². The first-order chi connectivity index (χ1) is 14.8. The number of nitrogens with zero attached hydrogens (tertiary/aromatic N) is 3. The number of fused-ring (bicyclic) bond motifs is 1. The fraction of sp³-hybridized carbons (Fsp3) is 0.500. The molecule has 0 radical (unpaired) electrons. The first-order valence-electron chi connectivity index (χ1n) is 10.6. The fourth-order valence-electron chi connectivity index (χ4n) is 4.03. The third-order valence-corrected chi connectivity index (χ3v) is 7.02. The summed E-state index contributed by atoms with van der Waals surface area (Å²) in [6, 6.07) is 3.03. The summed E-state index contributed by atoms with van der Waals surface area (Å²) in [4.78, 5) is 34.8. The number of halogens is 2. The topological polar surface area (TPSA) is 65.5 Å². The number of amides is 2. The molecule has 6 nitrogen and oxygen atoms in total. The molecular formula is C22H26F2N4O2S. The zero-order chi connectivity index (χ0) is 22.1. The van der Waals surface area contributed by atoms with Crippen LogP contribution >= 0.6 is 11.3 Å². The third-order valence-electron chi connectivity index (χ3n) is 5.84. The lowest BCUT2D eigenvalue weighted by Crippen LogP contribution is -2.49. The Morgan fingerprint density at radius 3 is 2.65 bits per heavy atom. The number of hydrogen-bond donors (Lipinski definition) is 1. The maximum atomic E-state index is 13.8. The number of hydrogen-bond acceptors (Lipinski definition) is 5. The Balaban J connectivity index is 1.38. The summed E-state index contributed by atoms with van der Waals surface area (Å²) in [5.41, 5.74) is 0.885. The Hall–Kier alpha value is -2.55. The first kappa shape index (κ1) is 21.7. The smallest absolute Gasteiger partial charge is 0.227 e. The van der Waals surface area contributed by atoms with Crippen LogP contribution in [0.15, 0.2) is 18.2 Å². The number of aromatic nitrogens is 1. The van der Waals surface area contributed by atoms with Crippen molar-refractivity contribution >= 4 is 34.0 Å². The van der Waals surface area contributed by atoms with E-state index in [2.05, 4.69) is 10.2 Å². The normalized spacial score (nSPS) is 18.8. The van der Waals surface area contributed by atoms with Crippen LogP contribution in [0.25, 0.3) is 0 Å². The predicted octanol–water partition coefficient (Wildman–Crippen LogP) is 3.47. The zero-order valence-electron chi connectivity index (χ0n) is 17.7. The van der Waals surface area contributed by atoms with Gasteiger partial charge in [-0.05, 0) is 31.4 Å². The summed E-state index contributed by atoms with van der Waals surface area (Å²) < 4.78 is 27.2. The van der Waals surface area contributed by atoms with Crippen molar-refractivity contribution in [3.63, 3.8) is 0 Å². The quantitative estimate of drug-likeness (QED) is 0.778. The van der Waals surface area contributed by atoms with Crippen molar-refractivity contribution in [1.82, 2.24) is 9.88 Å². The highest BCUT2D eigenvalue weighted by Gasteiger charge is 2.30. The summed E-state index contributed by atoms with van der Waals surface area (Å²) in [6.45, 7) is 6.69. The predicted molar refractivity (Wildman–Crippen MR) is 116 cm³/mol. The second kappa shape index (κ2) is 8.90. The van der Waals surface area contributed by atoms with Crippen LogP contribution in [0.2, 0.25) is 0 Å². The minimum absolute atomic E-state index is 0.00246. The molecule has 1 aromatic heterocycles. The van der Waals surface area contributed by atoms with Gasteiger partial charge in [-0.25, -0.2) is 13.8 Å². The highest BCUT2D eigenvalue weighted by atomic mass is 32.1. The Kier molecular flexibility index (Phi) is 6.22. The summed E-state index contributed by atoms with van der Waals surface area (Å²) in [5.74, 6) is -1.66. The van der Waals surface area contributed by atoms with Crippen LogP contribution in [-0.2, 0) is 22.4 Å². The molecule has 0 unspecified atom stereocenters. The van der Waals surface area contributed by atoms with E-state index in [-0.39, 0.29) is 29.3 Å². The fourth-order valence-corrected chi connectivity index (χ4v) is 5.27. The van der Waals surface area contributed by atoms with E-state index in [4.69, 9.17) is 4.98 Å². The Bertz CT molecular complexity index is 986. The molecule has 2 aliphatic rings. The van der Waals surface area contributed by atoms with E-state index < -0.39 is 11.6 Å². The van der Waals surface area contributed by atoms with E-state index in [0.29, 0.717) is 32.4 Å². The first-order valence-corrected chi connectivity index (χ1v) is 11.4. The average molecular weight is 449 g/mol. The molecule has 9 heteroatoms. The lowest BCUT2D eigenvalue weighted by Gasteiger charge is -2.35. The summed E-state index contributed by atoms with van der Waals surface area (Å²) in [6.07, 6.45) is 1.85. The van der Waals surface area contributed by atoms with Crippen molar-refractivity contribution in [2.24, 2.45) is 11.8 Å². The van der Waals surface area contributed by atoms with Crippen molar-refractivity contribution in [3.05, 3.63) is 40.4 Å². The highest BCUT2D eigenvalue weighted by Crippen LogP contribution is 2.35. The minimum Gasteiger partial charge on any atom is -0.345 e. The lowest BCUT2D eigenvalue weighted by molar-refractivity contribution is -0.134. The molecule has 2 aromatic rings. The number of aryl methyl sites for hydroxylation is 1. The number of carbonyl (C=O) groups excluding carboxylic acids is 2. The van der Waals surface area contributed by atoms with Gasteiger partial charge >= 0.3 is 0 Å². The molecule has 1 aliphatic carbocycles. The van der Waals surface area contributed by atoms with Gasteiger partial charge < -0.3 is 15.1 Å². The molecule has 0 saturated carbocycles. The number of nitrogens with one attached hydrogen (secondary N) is 1. The van der Waals surface area contributed by atoms with Gasteiger partial charge in [0.15, 0.2) is 5.13 Å². The van der Waals surface area contributed by atoms with Crippen LogP contribution in [0, 0.1) is 23.5 Å². The van der Waals surface area contributed by atoms with Crippen LogP contribution in [0.5, 0.6) is 0 Å². The van der Waals surface area contributed by atoms with Crippen molar-refractivity contribution < 1.29 is 18.4 Å². The van der Waals surface area contributed by atoms with E-state index in [1.807, 2.05) is 18.7 Å². The number of anilines is 2. The molecule has 4 rings (SSSR count). The van der Waals surface area contributed by atoms with Crippen molar-refractivity contribution in [2.45, 2.75) is 33.1 Å². The number of carbonyl (C=O) groups is 2. The van der Waals surface area contributed by atoms with Crippen LogP contribution in [-0.4, -0.2) is 47.9 Å². The number of piperazine rings is 1. The number of thiazole rings is 1. The average Bonchev–Trinajstić information content (AvgIpc) is 3.19. The van der Waals surface area contributed by atoms with E-state index >= 15 is 0 Å². The van der Waals surface area contributed by atoms with Crippen molar-refractivity contribution in [1.29, 1.82) is 0 Å². The van der Waals surface area contributed by atoms with Gasteiger partial charge in [0.25, 0.3) is 0 Å². The zero-order valence-corrected chi connectivity index (χ0v) is 18.5. The Labute approximate surface area is 184 Å². The molecule has 1 saturated heterocycles. The lowest BCUT2D eigenvalue weighted by atomic mass is 9.90.